The Kier molecular flexibility index (Phi) is 6.36. The zero-order valence-electron chi connectivity index (χ0n) is 9.73. The van der Waals surface area contributed by atoms with Crippen molar-refractivity contribution in [2.45, 2.75) is 38.8 Å². The standard InChI is InChI=1S/C10H19N3O2.ClH/c1-7(2)13-6-4-8(10(13)15)12-9(14)3-5-11;/h7-8H,3-6,11H2,1-2H3,(H,12,14);1H. The molecule has 0 radical (unpaired) electrons. The van der Waals surface area contributed by atoms with Gasteiger partial charge in [0, 0.05) is 25.6 Å². The van der Waals surface area contributed by atoms with Crippen molar-refractivity contribution >= 4 is 24.2 Å². The molecule has 0 aromatic carbocycles. The number of nitrogens with two attached hydrogens (primary N) is 1. The zero-order chi connectivity index (χ0) is 11.4. The molecule has 1 aliphatic rings. The summed E-state index contributed by atoms with van der Waals surface area (Å²) in [4.78, 5) is 24.8. The predicted octanol–water partition coefficient (Wildman–Crippen LogP) is -0.117. The second-order valence-electron chi connectivity index (χ2n) is 4.07. The monoisotopic (exact) mass is 249 g/mol. The van der Waals surface area contributed by atoms with Gasteiger partial charge in [-0.15, -0.1) is 12.4 Å². The van der Waals surface area contributed by atoms with Crippen LogP contribution in [0.5, 0.6) is 0 Å². The van der Waals surface area contributed by atoms with Gasteiger partial charge in [-0.1, -0.05) is 0 Å². The van der Waals surface area contributed by atoms with E-state index in [0.717, 1.165) is 6.54 Å². The Morgan fingerprint density at radius 3 is 2.69 bits per heavy atom. The van der Waals surface area contributed by atoms with Crippen LogP contribution in [-0.2, 0) is 9.59 Å². The molecular formula is C10H20ClN3O2. The SMILES string of the molecule is CC(C)N1CCC(NC(=O)CCN)C1=O.Cl. The van der Waals surface area contributed by atoms with E-state index in [2.05, 4.69) is 5.32 Å². The molecular weight excluding hydrogens is 230 g/mol. The molecule has 1 saturated heterocycles. The van der Waals surface area contributed by atoms with E-state index in [-0.39, 0.29) is 42.7 Å². The Balaban J connectivity index is 0.00000225. The molecule has 1 heterocycles. The molecule has 1 rings (SSSR count). The lowest BCUT2D eigenvalue weighted by Crippen LogP contribution is -2.43. The quantitative estimate of drug-likeness (QED) is 0.730. The minimum Gasteiger partial charge on any atom is -0.344 e. The summed E-state index contributed by atoms with van der Waals surface area (Å²) in [7, 11) is 0. The molecule has 94 valence electrons. The van der Waals surface area contributed by atoms with E-state index in [0.29, 0.717) is 13.0 Å². The molecule has 16 heavy (non-hydrogen) atoms. The maximum atomic E-state index is 11.8. The molecule has 1 unspecified atom stereocenters. The van der Waals surface area contributed by atoms with Crippen molar-refractivity contribution in [2.75, 3.05) is 13.1 Å². The molecule has 1 fully saturated rings. The molecule has 1 atom stereocenters. The smallest absolute Gasteiger partial charge is 0.245 e. The van der Waals surface area contributed by atoms with E-state index in [9.17, 15) is 9.59 Å². The molecule has 0 aromatic heterocycles. The molecule has 0 saturated carbocycles. The summed E-state index contributed by atoms with van der Waals surface area (Å²) < 4.78 is 0. The van der Waals surface area contributed by atoms with Gasteiger partial charge >= 0.3 is 0 Å². The van der Waals surface area contributed by atoms with Gasteiger partial charge in [-0.2, -0.15) is 0 Å². The molecule has 0 aromatic rings. The van der Waals surface area contributed by atoms with Gasteiger partial charge in [-0.25, -0.2) is 0 Å². The minimum absolute atomic E-state index is 0. The molecule has 3 N–H and O–H groups in total. The Morgan fingerprint density at radius 2 is 2.25 bits per heavy atom. The number of carbonyl (C=O) groups is 2. The lowest BCUT2D eigenvalue weighted by atomic mass is 10.2. The van der Waals surface area contributed by atoms with Gasteiger partial charge in [-0.3, -0.25) is 9.59 Å². The number of carbonyl (C=O) groups excluding carboxylic acids is 2. The normalized spacial score (nSPS) is 19.9. The van der Waals surface area contributed by atoms with Crippen molar-refractivity contribution in [2.24, 2.45) is 5.73 Å². The van der Waals surface area contributed by atoms with Gasteiger partial charge in [0.15, 0.2) is 0 Å². The van der Waals surface area contributed by atoms with Crippen molar-refractivity contribution in [3.63, 3.8) is 0 Å². The largest absolute Gasteiger partial charge is 0.344 e. The number of hydrogen-bond donors (Lipinski definition) is 2. The van der Waals surface area contributed by atoms with Gasteiger partial charge < -0.3 is 16.0 Å². The number of halogens is 1. The van der Waals surface area contributed by atoms with E-state index in [4.69, 9.17) is 5.73 Å². The third-order valence-corrected chi connectivity index (χ3v) is 2.57. The first-order chi connectivity index (χ1) is 7.06. The van der Waals surface area contributed by atoms with Crippen molar-refractivity contribution in [1.29, 1.82) is 0 Å². The fraction of sp³-hybridized carbons (Fsp3) is 0.800. The number of likely N-dealkylation sites (tertiary alicyclic amines) is 1. The lowest BCUT2D eigenvalue weighted by molar-refractivity contribution is -0.133. The summed E-state index contributed by atoms with van der Waals surface area (Å²) in [6.07, 6.45) is 0.985. The molecule has 0 bridgehead atoms. The number of nitrogens with zero attached hydrogens (tertiary/aromatic N) is 1. The van der Waals surface area contributed by atoms with Crippen LogP contribution >= 0.6 is 12.4 Å². The third-order valence-electron chi connectivity index (χ3n) is 2.57. The van der Waals surface area contributed by atoms with E-state index in [1.165, 1.54) is 0 Å². The van der Waals surface area contributed by atoms with E-state index < -0.39 is 0 Å². The van der Waals surface area contributed by atoms with Crippen LogP contribution in [0.25, 0.3) is 0 Å². The molecule has 0 aliphatic carbocycles. The summed E-state index contributed by atoms with van der Waals surface area (Å²) in [5, 5.41) is 2.70. The fourth-order valence-electron chi connectivity index (χ4n) is 1.75. The summed E-state index contributed by atoms with van der Waals surface area (Å²) in [5.41, 5.74) is 5.26. The van der Waals surface area contributed by atoms with Crippen molar-refractivity contribution in [3.05, 3.63) is 0 Å². The second-order valence-corrected chi connectivity index (χ2v) is 4.07. The average molecular weight is 250 g/mol. The summed E-state index contributed by atoms with van der Waals surface area (Å²) in [5.74, 6) is -0.114. The van der Waals surface area contributed by atoms with Crippen LogP contribution in [0.4, 0.5) is 0 Å². The van der Waals surface area contributed by atoms with Crippen LogP contribution in [0.3, 0.4) is 0 Å². The van der Waals surface area contributed by atoms with E-state index >= 15 is 0 Å². The molecule has 6 heteroatoms. The fourth-order valence-corrected chi connectivity index (χ4v) is 1.75. The van der Waals surface area contributed by atoms with Gasteiger partial charge in [0.25, 0.3) is 0 Å². The Hall–Kier alpha value is -0.810. The first-order valence-corrected chi connectivity index (χ1v) is 5.36. The predicted molar refractivity (Wildman–Crippen MR) is 64.3 cm³/mol. The number of nitrogens with one attached hydrogen (secondary N) is 1. The Bertz CT molecular complexity index is 258. The average Bonchev–Trinajstić information content (AvgIpc) is 2.48. The van der Waals surface area contributed by atoms with Crippen LogP contribution in [0.1, 0.15) is 26.7 Å². The van der Waals surface area contributed by atoms with E-state index in [1.807, 2.05) is 13.8 Å². The number of hydrogen-bond acceptors (Lipinski definition) is 3. The maximum Gasteiger partial charge on any atom is 0.245 e. The highest BCUT2D eigenvalue weighted by molar-refractivity contribution is 5.89. The Labute approximate surface area is 102 Å². The molecule has 5 nitrogen and oxygen atoms in total. The minimum atomic E-state index is -0.341. The lowest BCUT2D eigenvalue weighted by Gasteiger charge is -2.21. The Morgan fingerprint density at radius 1 is 1.62 bits per heavy atom. The van der Waals surface area contributed by atoms with Crippen LogP contribution in [0.15, 0.2) is 0 Å². The van der Waals surface area contributed by atoms with Crippen molar-refractivity contribution in [1.82, 2.24) is 10.2 Å². The topological polar surface area (TPSA) is 75.4 Å². The van der Waals surface area contributed by atoms with Gasteiger partial charge in [0.05, 0.1) is 0 Å². The molecule has 1 aliphatic heterocycles. The van der Waals surface area contributed by atoms with Crippen molar-refractivity contribution in [3.8, 4) is 0 Å². The first-order valence-electron chi connectivity index (χ1n) is 5.36. The highest BCUT2D eigenvalue weighted by atomic mass is 35.5. The van der Waals surface area contributed by atoms with Gasteiger partial charge in [0.2, 0.25) is 11.8 Å². The van der Waals surface area contributed by atoms with Crippen LogP contribution in [-0.4, -0.2) is 41.9 Å². The van der Waals surface area contributed by atoms with Crippen LogP contribution in [0.2, 0.25) is 0 Å². The maximum absolute atomic E-state index is 11.8. The summed E-state index contributed by atoms with van der Waals surface area (Å²) in [6.45, 7) is 4.99. The zero-order valence-corrected chi connectivity index (χ0v) is 10.5. The van der Waals surface area contributed by atoms with Gasteiger partial charge in [-0.05, 0) is 20.3 Å². The number of rotatable bonds is 4. The van der Waals surface area contributed by atoms with Crippen molar-refractivity contribution < 1.29 is 9.59 Å². The first kappa shape index (κ1) is 15.2. The summed E-state index contributed by atoms with van der Waals surface area (Å²) in [6, 6.07) is -0.139. The molecule has 0 spiro atoms. The highest BCUT2D eigenvalue weighted by Gasteiger charge is 2.33. The molecule has 2 amide bonds. The number of amides is 2. The highest BCUT2D eigenvalue weighted by Crippen LogP contribution is 2.14. The van der Waals surface area contributed by atoms with E-state index in [1.54, 1.807) is 4.90 Å². The van der Waals surface area contributed by atoms with Crippen LogP contribution < -0.4 is 11.1 Å². The van der Waals surface area contributed by atoms with Gasteiger partial charge in [0.1, 0.15) is 6.04 Å². The third kappa shape index (κ3) is 3.64. The summed E-state index contributed by atoms with van der Waals surface area (Å²) >= 11 is 0. The van der Waals surface area contributed by atoms with Crippen LogP contribution in [0, 0.1) is 0 Å². The second kappa shape index (κ2) is 6.70.